The summed E-state index contributed by atoms with van der Waals surface area (Å²) in [5.41, 5.74) is 2.59. The minimum absolute atomic E-state index is 0.874. The molecule has 94 valence electrons. The summed E-state index contributed by atoms with van der Waals surface area (Å²) >= 11 is 5.36. The third-order valence-electron chi connectivity index (χ3n) is 2.61. The van der Waals surface area contributed by atoms with E-state index in [9.17, 15) is 0 Å². The second-order valence-electron chi connectivity index (χ2n) is 4.07. The zero-order chi connectivity index (χ0) is 13.0. The van der Waals surface area contributed by atoms with Crippen molar-refractivity contribution >= 4 is 27.7 Å². The molecule has 0 aromatic heterocycles. The number of methoxy groups -OCH3 is 1. The molecule has 0 unspecified atom stereocenters. The van der Waals surface area contributed by atoms with Gasteiger partial charge in [0.15, 0.2) is 0 Å². The van der Waals surface area contributed by atoms with Gasteiger partial charge in [-0.15, -0.1) is 11.8 Å². The lowest BCUT2D eigenvalue weighted by molar-refractivity contribution is 0.412. The standard InChI is InChI=1S/C15H15BrOS/c1-11-4-3-5-13(8-11)18-10-12-6-7-15(17-2)14(16)9-12/h3-9H,10H2,1-2H3. The van der Waals surface area contributed by atoms with Gasteiger partial charge in [-0.2, -0.15) is 0 Å². The van der Waals surface area contributed by atoms with E-state index in [-0.39, 0.29) is 0 Å². The van der Waals surface area contributed by atoms with Gasteiger partial charge >= 0.3 is 0 Å². The maximum absolute atomic E-state index is 5.22. The highest BCUT2D eigenvalue weighted by Gasteiger charge is 2.02. The van der Waals surface area contributed by atoms with Crippen molar-refractivity contribution < 1.29 is 4.74 Å². The predicted octanol–water partition coefficient (Wildman–Crippen LogP) is 5.06. The van der Waals surface area contributed by atoms with Crippen LogP contribution in [0.1, 0.15) is 11.1 Å². The Morgan fingerprint density at radius 1 is 1.17 bits per heavy atom. The van der Waals surface area contributed by atoms with Crippen molar-refractivity contribution in [2.45, 2.75) is 17.6 Å². The normalized spacial score (nSPS) is 10.4. The molecule has 0 amide bonds. The molecule has 0 aliphatic rings. The Labute approximate surface area is 121 Å². The van der Waals surface area contributed by atoms with Crippen LogP contribution >= 0.6 is 27.7 Å². The summed E-state index contributed by atoms with van der Waals surface area (Å²) in [5.74, 6) is 1.84. The van der Waals surface area contributed by atoms with Gasteiger partial charge in [-0.1, -0.05) is 23.8 Å². The molecule has 0 aliphatic carbocycles. The number of hydrogen-bond donors (Lipinski definition) is 0. The van der Waals surface area contributed by atoms with E-state index in [4.69, 9.17) is 4.74 Å². The van der Waals surface area contributed by atoms with E-state index in [1.807, 2.05) is 17.8 Å². The SMILES string of the molecule is COc1ccc(CSc2cccc(C)c2)cc1Br. The fourth-order valence-corrected chi connectivity index (χ4v) is 3.22. The summed E-state index contributed by atoms with van der Waals surface area (Å²) in [7, 11) is 1.68. The van der Waals surface area contributed by atoms with Crippen LogP contribution in [0, 0.1) is 6.92 Å². The van der Waals surface area contributed by atoms with Crippen molar-refractivity contribution in [1.82, 2.24) is 0 Å². The van der Waals surface area contributed by atoms with E-state index in [1.165, 1.54) is 16.0 Å². The van der Waals surface area contributed by atoms with Gasteiger partial charge < -0.3 is 4.74 Å². The van der Waals surface area contributed by atoms with E-state index >= 15 is 0 Å². The second kappa shape index (κ2) is 6.30. The van der Waals surface area contributed by atoms with E-state index in [2.05, 4.69) is 59.3 Å². The first kappa shape index (κ1) is 13.5. The molecule has 18 heavy (non-hydrogen) atoms. The lowest BCUT2D eigenvalue weighted by atomic mass is 10.2. The van der Waals surface area contributed by atoms with Crippen LogP contribution in [0.5, 0.6) is 5.75 Å². The van der Waals surface area contributed by atoms with Crippen LogP contribution in [0.4, 0.5) is 0 Å². The molecule has 0 aliphatic heterocycles. The van der Waals surface area contributed by atoms with Gasteiger partial charge in [0.1, 0.15) is 5.75 Å². The van der Waals surface area contributed by atoms with Crippen molar-refractivity contribution in [1.29, 1.82) is 0 Å². The van der Waals surface area contributed by atoms with Crippen LogP contribution in [0.2, 0.25) is 0 Å². The lowest BCUT2D eigenvalue weighted by Gasteiger charge is -2.06. The third-order valence-corrected chi connectivity index (χ3v) is 4.30. The first-order valence-electron chi connectivity index (χ1n) is 5.71. The molecule has 0 fully saturated rings. The number of hydrogen-bond acceptors (Lipinski definition) is 2. The monoisotopic (exact) mass is 322 g/mol. The molecule has 0 saturated heterocycles. The summed E-state index contributed by atoms with van der Waals surface area (Å²) in [5, 5.41) is 0. The highest BCUT2D eigenvalue weighted by atomic mass is 79.9. The Balaban J connectivity index is 2.04. The number of rotatable bonds is 4. The second-order valence-corrected chi connectivity index (χ2v) is 5.98. The summed E-state index contributed by atoms with van der Waals surface area (Å²) in [4.78, 5) is 1.31. The summed E-state index contributed by atoms with van der Waals surface area (Å²) in [6.45, 7) is 2.12. The zero-order valence-corrected chi connectivity index (χ0v) is 12.8. The van der Waals surface area contributed by atoms with Gasteiger partial charge in [0.25, 0.3) is 0 Å². The van der Waals surface area contributed by atoms with E-state index in [0.717, 1.165) is 16.0 Å². The Hall–Kier alpha value is -0.930. The van der Waals surface area contributed by atoms with Gasteiger partial charge in [0.05, 0.1) is 11.6 Å². The first-order valence-corrected chi connectivity index (χ1v) is 7.49. The molecule has 3 heteroatoms. The van der Waals surface area contributed by atoms with Gasteiger partial charge in [-0.05, 0) is 52.7 Å². The number of halogens is 1. The molecule has 0 bridgehead atoms. The van der Waals surface area contributed by atoms with Gasteiger partial charge in [0.2, 0.25) is 0 Å². The maximum atomic E-state index is 5.22. The summed E-state index contributed by atoms with van der Waals surface area (Å²) in [6, 6.07) is 14.8. The predicted molar refractivity (Wildman–Crippen MR) is 81.4 cm³/mol. The van der Waals surface area contributed by atoms with Crippen LogP contribution in [-0.2, 0) is 5.75 Å². The molecule has 2 aromatic rings. The van der Waals surface area contributed by atoms with Gasteiger partial charge in [-0.25, -0.2) is 0 Å². The average molecular weight is 323 g/mol. The number of thioether (sulfide) groups is 1. The highest BCUT2D eigenvalue weighted by Crippen LogP contribution is 2.29. The van der Waals surface area contributed by atoms with E-state index in [1.54, 1.807) is 7.11 Å². The van der Waals surface area contributed by atoms with Crippen LogP contribution < -0.4 is 4.74 Å². The smallest absolute Gasteiger partial charge is 0.133 e. The molecule has 1 nitrogen and oxygen atoms in total. The molecule has 2 aromatic carbocycles. The summed E-state index contributed by atoms with van der Waals surface area (Å²) < 4.78 is 6.23. The Morgan fingerprint density at radius 3 is 2.67 bits per heavy atom. The average Bonchev–Trinajstić information content (AvgIpc) is 2.37. The van der Waals surface area contributed by atoms with E-state index < -0.39 is 0 Å². The van der Waals surface area contributed by atoms with Crippen LogP contribution in [0.15, 0.2) is 51.8 Å². The Morgan fingerprint density at radius 2 is 2.00 bits per heavy atom. The topological polar surface area (TPSA) is 9.23 Å². The largest absolute Gasteiger partial charge is 0.496 e. The van der Waals surface area contributed by atoms with Crippen molar-refractivity contribution in [3.63, 3.8) is 0 Å². The van der Waals surface area contributed by atoms with Crippen LogP contribution in [-0.4, -0.2) is 7.11 Å². The minimum atomic E-state index is 0.874. The molecular weight excluding hydrogens is 308 g/mol. The zero-order valence-electron chi connectivity index (χ0n) is 10.4. The third kappa shape index (κ3) is 3.53. The fraction of sp³-hybridized carbons (Fsp3) is 0.200. The fourth-order valence-electron chi connectivity index (χ4n) is 1.67. The molecule has 0 N–H and O–H groups in total. The number of ether oxygens (including phenoxy) is 1. The summed E-state index contributed by atoms with van der Waals surface area (Å²) in [6.07, 6.45) is 0. The van der Waals surface area contributed by atoms with Crippen molar-refractivity contribution in [3.8, 4) is 5.75 Å². The van der Waals surface area contributed by atoms with Crippen molar-refractivity contribution in [3.05, 3.63) is 58.1 Å². The molecular formula is C15H15BrOS. The number of benzene rings is 2. The van der Waals surface area contributed by atoms with Gasteiger partial charge in [-0.3, -0.25) is 0 Å². The minimum Gasteiger partial charge on any atom is -0.496 e. The van der Waals surface area contributed by atoms with Crippen LogP contribution in [0.3, 0.4) is 0 Å². The molecule has 0 heterocycles. The maximum Gasteiger partial charge on any atom is 0.133 e. The molecule has 0 spiro atoms. The van der Waals surface area contributed by atoms with Crippen molar-refractivity contribution in [2.24, 2.45) is 0 Å². The number of aryl methyl sites for hydroxylation is 1. The lowest BCUT2D eigenvalue weighted by Crippen LogP contribution is -1.87. The van der Waals surface area contributed by atoms with Gasteiger partial charge in [0, 0.05) is 10.6 Å². The van der Waals surface area contributed by atoms with E-state index in [0.29, 0.717) is 0 Å². The molecule has 0 radical (unpaired) electrons. The van der Waals surface area contributed by atoms with Crippen molar-refractivity contribution in [2.75, 3.05) is 7.11 Å². The highest BCUT2D eigenvalue weighted by molar-refractivity contribution is 9.10. The van der Waals surface area contributed by atoms with Crippen LogP contribution in [0.25, 0.3) is 0 Å². The molecule has 0 atom stereocenters. The Bertz CT molecular complexity index is 540. The first-order chi connectivity index (χ1) is 8.69. The molecule has 0 saturated carbocycles. The quantitative estimate of drug-likeness (QED) is 0.728. The molecule has 2 rings (SSSR count). The Kier molecular flexibility index (Phi) is 4.72.